The predicted octanol–water partition coefficient (Wildman–Crippen LogP) is 1.09. The zero-order valence-electron chi connectivity index (χ0n) is 6.64. The maximum atomic E-state index is 10.9. The maximum Gasteiger partial charge on any atom is 0.230 e. The zero-order valence-corrected chi connectivity index (χ0v) is 7.46. The number of thioether (sulfide) groups is 1. The van der Waals surface area contributed by atoms with E-state index in [2.05, 4.69) is 12.2 Å². The molecular formula is C9H11NOS. The van der Waals surface area contributed by atoms with Gasteiger partial charge in [-0.2, -0.15) is 0 Å². The van der Waals surface area contributed by atoms with Crippen molar-refractivity contribution in [1.29, 1.82) is 0 Å². The average molecular weight is 181 g/mol. The topological polar surface area (TPSA) is 43.1 Å². The van der Waals surface area contributed by atoms with E-state index in [0.717, 1.165) is 6.42 Å². The number of fused-ring (bicyclic) bond motifs is 1. The zero-order chi connectivity index (χ0) is 8.55. The quantitative estimate of drug-likeness (QED) is 0.658. The molecule has 1 aliphatic carbocycles. The van der Waals surface area contributed by atoms with Gasteiger partial charge in [0.1, 0.15) is 0 Å². The summed E-state index contributed by atoms with van der Waals surface area (Å²) in [5, 5.41) is 0.500. The van der Waals surface area contributed by atoms with Gasteiger partial charge in [0.05, 0.1) is 5.25 Å². The van der Waals surface area contributed by atoms with Gasteiger partial charge in [-0.3, -0.25) is 4.79 Å². The highest BCUT2D eigenvalue weighted by Gasteiger charge is 2.35. The van der Waals surface area contributed by atoms with E-state index in [0.29, 0.717) is 11.2 Å². The number of hydrogen-bond acceptors (Lipinski definition) is 2. The van der Waals surface area contributed by atoms with Crippen LogP contribution in [0.2, 0.25) is 0 Å². The number of rotatable bonds is 1. The summed E-state index contributed by atoms with van der Waals surface area (Å²) in [5.74, 6) is 0.355. The van der Waals surface area contributed by atoms with Crippen molar-refractivity contribution in [3.63, 3.8) is 0 Å². The molecule has 0 saturated carbocycles. The molecule has 3 unspecified atom stereocenters. The Hall–Kier alpha value is -0.700. The van der Waals surface area contributed by atoms with Gasteiger partial charge in [0.15, 0.2) is 0 Å². The average Bonchev–Trinajstić information content (AvgIpc) is 2.46. The fourth-order valence-electron chi connectivity index (χ4n) is 1.67. The van der Waals surface area contributed by atoms with Crippen LogP contribution < -0.4 is 5.73 Å². The van der Waals surface area contributed by atoms with Crippen LogP contribution in [-0.4, -0.2) is 16.4 Å². The molecule has 0 bridgehead atoms. The molecule has 64 valence electrons. The van der Waals surface area contributed by atoms with Crippen LogP contribution in [0.3, 0.4) is 0 Å². The number of amides is 1. The van der Waals surface area contributed by atoms with Gasteiger partial charge in [0.25, 0.3) is 0 Å². The van der Waals surface area contributed by atoms with Crippen LogP contribution in [0.5, 0.6) is 0 Å². The van der Waals surface area contributed by atoms with Crippen molar-refractivity contribution in [2.75, 3.05) is 0 Å². The van der Waals surface area contributed by atoms with Crippen molar-refractivity contribution < 1.29 is 4.79 Å². The summed E-state index contributed by atoms with van der Waals surface area (Å²) < 4.78 is 0. The third-order valence-corrected chi connectivity index (χ3v) is 3.89. The highest BCUT2D eigenvalue weighted by atomic mass is 32.2. The van der Waals surface area contributed by atoms with Gasteiger partial charge in [-0.15, -0.1) is 11.8 Å². The lowest BCUT2D eigenvalue weighted by molar-refractivity contribution is -0.117. The van der Waals surface area contributed by atoms with Crippen LogP contribution in [0.25, 0.3) is 0 Å². The Morgan fingerprint density at radius 2 is 2.17 bits per heavy atom. The minimum Gasteiger partial charge on any atom is -0.369 e. The Balaban J connectivity index is 2.10. The van der Waals surface area contributed by atoms with E-state index in [9.17, 15) is 4.79 Å². The molecule has 1 aliphatic heterocycles. The molecule has 1 saturated heterocycles. The van der Waals surface area contributed by atoms with Crippen LogP contribution in [0.4, 0.5) is 0 Å². The van der Waals surface area contributed by atoms with E-state index in [1.807, 2.05) is 12.2 Å². The number of hydrogen-bond donors (Lipinski definition) is 1. The van der Waals surface area contributed by atoms with Crippen molar-refractivity contribution in [3.05, 3.63) is 24.3 Å². The normalized spacial score (nSPS) is 38.2. The maximum absolute atomic E-state index is 10.9. The van der Waals surface area contributed by atoms with Gasteiger partial charge in [-0.25, -0.2) is 0 Å². The third-order valence-electron chi connectivity index (χ3n) is 2.32. The van der Waals surface area contributed by atoms with E-state index in [4.69, 9.17) is 5.73 Å². The van der Waals surface area contributed by atoms with Gasteiger partial charge < -0.3 is 5.73 Å². The molecule has 2 nitrogen and oxygen atoms in total. The second kappa shape index (κ2) is 2.98. The predicted molar refractivity (Wildman–Crippen MR) is 50.7 cm³/mol. The fourth-order valence-corrected chi connectivity index (χ4v) is 3.10. The van der Waals surface area contributed by atoms with E-state index in [1.165, 1.54) is 0 Å². The van der Waals surface area contributed by atoms with Gasteiger partial charge in [0.2, 0.25) is 5.91 Å². The SMILES string of the molecule is NC(=O)C1CC2C=CC=CC2S1. The van der Waals surface area contributed by atoms with Crippen molar-refractivity contribution >= 4 is 17.7 Å². The summed E-state index contributed by atoms with van der Waals surface area (Å²) in [6.45, 7) is 0. The summed E-state index contributed by atoms with van der Waals surface area (Å²) in [6, 6.07) is 0. The van der Waals surface area contributed by atoms with Gasteiger partial charge in [-0.05, 0) is 12.3 Å². The van der Waals surface area contributed by atoms with Crippen LogP contribution in [0.15, 0.2) is 24.3 Å². The summed E-state index contributed by atoms with van der Waals surface area (Å²) in [6.07, 6.45) is 9.31. The summed E-state index contributed by atoms with van der Waals surface area (Å²) in [4.78, 5) is 10.9. The minimum atomic E-state index is -0.170. The molecule has 1 amide bonds. The standard InChI is InChI=1S/C9H11NOS/c10-9(11)8-5-6-3-1-2-4-7(6)12-8/h1-4,6-8H,5H2,(H2,10,11). The molecule has 0 aromatic rings. The monoisotopic (exact) mass is 181 g/mol. The smallest absolute Gasteiger partial charge is 0.230 e. The molecule has 0 aromatic carbocycles. The fraction of sp³-hybridized carbons (Fsp3) is 0.444. The Morgan fingerprint density at radius 3 is 2.83 bits per heavy atom. The first-order valence-electron chi connectivity index (χ1n) is 4.07. The van der Waals surface area contributed by atoms with E-state index in [1.54, 1.807) is 11.8 Å². The molecule has 3 heteroatoms. The van der Waals surface area contributed by atoms with Gasteiger partial charge >= 0.3 is 0 Å². The summed E-state index contributed by atoms with van der Waals surface area (Å²) >= 11 is 1.69. The molecule has 1 heterocycles. The largest absolute Gasteiger partial charge is 0.369 e. The van der Waals surface area contributed by atoms with Crippen molar-refractivity contribution in [2.24, 2.45) is 11.7 Å². The highest BCUT2D eigenvalue weighted by molar-refractivity contribution is 8.01. The summed E-state index contributed by atoms with van der Waals surface area (Å²) in [7, 11) is 0. The van der Waals surface area contributed by atoms with Crippen LogP contribution in [-0.2, 0) is 4.79 Å². The lowest BCUT2D eigenvalue weighted by Gasteiger charge is -2.12. The molecule has 0 spiro atoms. The number of carbonyl (C=O) groups is 1. The van der Waals surface area contributed by atoms with Crippen molar-refractivity contribution in [2.45, 2.75) is 16.9 Å². The molecule has 2 N–H and O–H groups in total. The molecule has 2 aliphatic rings. The lowest BCUT2D eigenvalue weighted by Crippen LogP contribution is -2.23. The summed E-state index contributed by atoms with van der Waals surface area (Å²) in [5.41, 5.74) is 5.24. The van der Waals surface area contributed by atoms with Crippen molar-refractivity contribution in [3.8, 4) is 0 Å². The Bertz CT molecular complexity index is 239. The number of nitrogens with two attached hydrogens (primary N) is 1. The van der Waals surface area contributed by atoms with Gasteiger partial charge in [-0.1, -0.05) is 24.3 Å². The third kappa shape index (κ3) is 1.29. The molecular weight excluding hydrogens is 170 g/mol. The number of primary amides is 1. The lowest BCUT2D eigenvalue weighted by atomic mass is 9.96. The number of allylic oxidation sites excluding steroid dienone is 3. The molecule has 1 fully saturated rings. The Kier molecular flexibility index (Phi) is 1.97. The van der Waals surface area contributed by atoms with E-state index < -0.39 is 0 Å². The Labute approximate surface area is 75.9 Å². The minimum absolute atomic E-state index is 0.0207. The second-order valence-electron chi connectivity index (χ2n) is 3.16. The van der Waals surface area contributed by atoms with Gasteiger partial charge in [0, 0.05) is 5.25 Å². The molecule has 3 atom stereocenters. The van der Waals surface area contributed by atoms with Crippen LogP contribution in [0.1, 0.15) is 6.42 Å². The Morgan fingerprint density at radius 1 is 1.42 bits per heavy atom. The molecule has 0 radical (unpaired) electrons. The molecule has 12 heavy (non-hydrogen) atoms. The van der Waals surface area contributed by atoms with Crippen LogP contribution >= 0.6 is 11.8 Å². The van der Waals surface area contributed by atoms with E-state index >= 15 is 0 Å². The first kappa shape index (κ1) is 7.92. The highest BCUT2D eigenvalue weighted by Crippen LogP contribution is 2.41. The van der Waals surface area contributed by atoms with E-state index in [-0.39, 0.29) is 11.2 Å². The second-order valence-corrected chi connectivity index (χ2v) is 4.55. The first-order chi connectivity index (χ1) is 5.77. The van der Waals surface area contributed by atoms with Crippen LogP contribution in [0, 0.1) is 5.92 Å². The molecule has 0 aromatic heterocycles. The number of carbonyl (C=O) groups excluding carboxylic acids is 1. The first-order valence-corrected chi connectivity index (χ1v) is 5.01. The van der Waals surface area contributed by atoms with Crippen molar-refractivity contribution in [1.82, 2.24) is 0 Å². The molecule has 2 rings (SSSR count).